The molecule has 2 nitrogen and oxygen atoms in total. The van der Waals surface area contributed by atoms with E-state index in [0.717, 1.165) is 24.4 Å². The van der Waals surface area contributed by atoms with Gasteiger partial charge in [0, 0.05) is 23.7 Å². The van der Waals surface area contributed by atoms with Crippen molar-refractivity contribution in [3.63, 3.8) is 0 Å². The third-order valence-corrected chi connectivity index (χ3v) is 7.29. The lowest BCUT2D eigenvalue weighted by molar-refractivity contribution is 0.0887. The highest BCUT2D eigenvalue weighted by Crippen LogP contribution is 2.49. The minimum Gasteiger partial charge on any atom is -0.384 e. The summed E-state index contributed by atoms with van der Waals surface area (Å²) in [5.74, 6) is 2.11. The maximum atomic E-state index is 3.68. The molecule has 1 aromatic carbocycles. The molecular formula is C20H28N2. The lowest BCUT2D eigenvalue weighted by atomic mass is 9.73. The van der Waals surface area contributed by atoms with Gasteiger partial charge in [-0.15, -0.1) is 0 Å². The lowest BCUT2D eigenvalue weighted by Gasteiger charge is -2.44. The number of fused-ring (bicyclic) bond motifs is 4. The summed E-state index contributed by atoms with van der Waals surface area (Å²) in [5, 5.41) is 3.68. The molecule has 22 heavy (non-hydrogen) atoms. The molecule has 0 amide bonds. The third-order valence-electron chi connectivity index (χ3n) is 7.29. The van der Waals surface area contributed by atoms with Crippen molar-refractivity contribution >= 4 is 5.69 Å². The van der Waals surface area contributed by atoms with E-state index in [-0.39, 0.29) is 0 Å². The number of rotatable bonds is 1. The maximum Gasteiger partial charge on any atom is 0.0379 e. The Bertz CT molecular complexity index is 585. The van der Waals surface area contributed by atoms with Gasteiger partial charge in [-0.05, 0) is 75.6 Å². The van der Waals surface area contributed by atoms with Gasteiger partial charge in [-0.2, -0.15) is 0 Å². The van der Waals surface area contributed by atoms with Crippen molar-refractivity contribution in [3.05, 3.63) is 29.3 Å². The molecule has 118 valence electrons. The molecular weight excluding hydrogens is 268 g/mol. The second-order valence-electron chi connectivity index (χ2n) is 8.46. The summed E-state index contributed by atoms with van der Waals surface area (Å²) in [7, 11) is 0. The van der Waals surface area contributed by atoms with Crippen molar-refractivity contribution in [2.45, 2.75) is 56.9 Å². The molecule has 3 atom stereocenters. The normalized spacial score (nSPS) is 35.8. The zero-order valence-corrected chi connectivity index (χ0v) is 13.8. The fourth-order valence-electron chi connectivity index (χ4n) is 6.00. The summed E-state index contributed by atoms with van der Waals surface area (Å²) in [4.78, 5) is 2.86. The smallest absolute Gasteiger partial charge is 0.0379 e. The molecule has 3 fully saturated rings. The first kappa shape index (κ1) is 13.4. The summed E-state index contributed by atoms with van der Waals surface area (Å²) in [6.45, 7) is 6.04. The van der Waals surface area contributed by atoms with Gasteiger partial charge >= 0.3 is 0 Å². The van der Waals surface area contributed by atoms with Gasteiger partial charge < -0.3 is 10.2 Å². The highest BCUT2D eigenvalue weighted by molar-refractivity contribution is 5.61. The summed E-state index contributed by atoms with van der Waals surface area (Å²) < 4.78 is 0. The second kappa shape index (κ2) is 4.74. The number of aryl methyl sites for hydroxylation is 1. The predicted molar refractivity (Wildman–Crippen MR) is 91.4 cm³/mol. The zero-order valence-electron chi connectivity index (χ0n) is 13.8. The fraction of sp³-hybridized carbons (Fsp3) is 0.700. The Hall–Kier alpha value is -1.02. The number of hydrogen-bond donors (Lipinski definition) is 1. The molecule has 4 aliphatic rings. The highest BCUT2D eigenvalue weighted by Gasteiger charge is 2.46. The summed E-state index contributed by atoms with van der Waals surface area (Å²) >= 11 is 0. The number of piperidine rings is 1. The molecule has 2 saturated carbocycles. The molecule has 1 aromatic rings. The van der Waals surface area contributed by atoms with Gasteiger partial charge in [0.15, 0.2) is 0 Å². The topological polar surface area (TPSA) is 15.3 Å². The van der Waals surface area contributed by atoms with Crippen LogP contribution in [0.3, 0.4) is 0 Å². The van der Waals surface area contributed by atoms with Gasteiger partial charge in [0.2, 0.25) is 0 Å². The monoisotopic (exact) mass is 296 g/mol. The Morgan fingerprint density at radius 1 is 1.14 bits per heavy atom. The summed E-state index contributed by atoms with van der Waals surface area (Å²) in [6, 6.07) is 7.92. The Balaban J connectivity index is 1.34. The number of nitrogens with one attached hydrogen (secondary N) is 1. The van der Waals surface area contributed by atoms with Crippen molar-refractivity contribution < 1.29 is 0 Å². The molecule has 1 saturated heterocycles. The van der Waals surface area contributed by atoms with Crippen LogP contribution in [0.15, 0.2) is 18.2 Å². The van der Waals surface area contributed by atoms with Crippen LogP contribution in [0.4, 0.5) is 5.69 Å². The number of benzene rings is 1. The minimum absolute atomic E-state index is 0.426. The molecule has 2 heterocycles. The van der Waals surface area contributed by atoms with Crippen LogP contribution in [0.2, 0.25) is 0 Å². The van der Waals surface area contributed by atoms with E-state index < -0.39 is 0 Å². The Labute approximate surface area is 134 Å². The van der Waals surface area contributed by atoms with Gasteiger partial charge in [0.25, 0.3) is 0 Å². The van der Waals surface area contributed by atoms with Gasteiger partial charge in [0.1, 0.15) is 0 Å². The predicted octanol–water partition coefficient (Wildman–Crippen LogP) is 3.94. The SMILES string of the molecule is Cc1ccc2c(c1)C1(CCN(C3C[C@H]4CC[C@@H]3C4)CC1)CN2. The van der Waals surface area contributed by atoms with Crippen LogP contribution >= 0.6 is 0 Å². The molecule has 2 aliphatic heterocycles. The van der Waals surface area contributed by atoms with Crippen LogP contribution in [0, 0.1) is 18.8 Å². The Kier molecular flexibility index (Phi) is 2.89. The van der Waals surface area contributed by atoms with Gasteiger partial charge in [-0.1, -0.05) is 24.1 Å². The van der Waals surface area contributed by atoms with E-state index >= 15 is 0 Å². The number of nitrogens with zero attached hydrogens (tertiary/aromatic N) is 1. The molecule has 1 spiro atoms. The summed E-state index contributed by atoms with van der Waals surface area (Å²) in [5.41, 5.74) is 4.85. The first-order valence-corrected chi connectivity index (χ1v) is 9.33. The van der Waals surface area contributed by atoms with E-state index in [1.807, 2.05) is 0 Å². The van der Waals surface area contributed by atoms with Gasteiger partial charge in [-0.25, -0.2) is 0 Å². The van der Waals surface area contributed by atoms with E-state index in [2.05, 4.69) is 35.3 Å². The van der Waals surface area contributed by atoms with Crippen LogP contribution < -0.4 is 5.32 Å². The molecule has 2 bridgehead atoms. The highest BCUT2D eigenvalue weighted by atomic mass is 15.2. The van der Waals surface area contributed by atoms with Crippen molar-refractivity contribution in [1.29, 1.82) is 0 Å². The zero-order chi connectivity index (χ0) is 14.7. The van der Waals surface area contributed by atoms with E-state index in [1.165, 1.54) is 62.9 Å². The molecule has 0 aromatic heterocycles. The number of hydrogen-bond acceptors (Lipinski definition) is 2. The lowest BCUT2D eigenvalue weighted by Crippen LogP contribution is -2.49. The van der Waals surface area contributed by atoms with Crippen LogP contribution in [-0.4, -0.2) is 30.6 Å². The molecule has 0 radical (unpaired) electrons. The van der Waals surface area contributed by atoms with Crippen LogP contribution in [0.25, 0.3) is 0 Å². The van der Waals surface area contributed by atoms with Crippen molar-refractivity contribution in [1.82, 2.24) is 4.90 Å². The molecule has 2 heteroatoms. The van der Waals surface area contributed by atoms with Gasteiger partial charge in [0.05, 0.1) is 0 Å². The van der Waals surface area contributed by atoms with Crippen molar-refractivity contribution in [2.75, 3.05) is 25.0 Å². The van der Waals surface area contributed by atoms with Crippen LogP contribution in [0.1, 0.15) is 49.7 Å². The van der Waals surface area contributed by atoms with E-state index in [4.69, 9.17) is 0 Å². The quantitative estimate of drug-likeness (QED) is 0.844. The average molecular weight is 296 g/mol. The standard InChI is InChI=1S/C20H28N2/c1-14-2-5-18-17(10-14)20(13-21-18)6-8-22(9-7-20)19-12-15-3-4-16(19)11-15/h2,5,10,15-16,19,21H,3-4,6-9,11-13H2,1H3/t15-,16+,19?/m0/s1. The summed E-state index contributed by atoms with van der Waals surface area (Å²) in [6.07, 6.45) is 8.78. The Morgan fingerprint density at radius 3 is 2.73 bits per heavy atom. The first-order chi connectivity index (χ1) is 10.7. The van der Waals surface area contributed by atoms with E-state index in [9.17, 15) is 0 Å². The maximum absolute atomic E-state index is 3.68. The van der Waals surface area contributed by atoms with Crippen LogP contribution in [0.5, 0.6) is 0 Å². The second-order valence-corrected chi connectivity index (χ2v) is 8.46. The van der Waals surface area contributed by atoms with E-state index in [1.54, 1.807) is 5.56 Å². The van der Waals surface area contributed by atoms with Crippen molar-refractivity contribution in [2.24, 2.45) is 11.8 Å². The van der Waals surface area contributed by atoms with Crippen molar-refractivity contribution in [3.8, 4) is 0 Å². The fourth-order valence-corrected chi connectivity index (χ4v) is 6.00. The average Bonchev–Trinajstić information content (AvgIpc) is 3.24. The van der Waals surface area contributed by atoms with Gasteiger partial charge in [-0.3, -0.25) is 0 Å². The number of likely N-dealkylation sites (tertiary alicyclic amines) is 1. The first-order valence-electron chi connectivity index (χ1n) is 9.33. The van der Waals surface area contributed by atoms with E-state index in [0.29, 0.717) is 5.41 Å². The van der Waals surface area contributed by atoms with Crippen LogP contribution in [-0.2, 0) is 5.41 Å². The molecule has 5 rings (SSSR count). The molecule has 1 N–H and O–H groups in total. The minimum atomic E-state index is 0.426. The molecule has 1 unspecified atom stereocenters. The largest absolute Gasteiger partial charge is 0.384 e. The Morgan fingerprint density at radius 2 is 2.00 bits per heavy atom. The third kappa shape index (κ3) is 1.89. The number of anilines is 1. The molecule has 2 aliphatic carbocycles.